The van der Waals surface area contributed by atoms with Crippen molar-refractivity contribution in [3.8, 4) is 0 Å². The van der Waals surface area contributed by atoms with Crippen molar-refractivity contribution in [2.24, 2.45) is 4.99 Å². The van der Waals surface area contributed by atoms with Gasteiger partial charge in [0.1, 0.15) is 11.1 Å². The lowest BCUT2D eigenvalue weighted by Crippen LogP contribution is -2.00. The van der Waals surface area contributed by atoms with Gasteiger partial charge >= 0.3 is 0 Å². The van der Waals surface area contributed by atoms with Crippen molar-refractivity contribution in [1.82, 2.24) is 5.16 Å². The zero-order chi connectivity index (χ0) is 11.2. The Morgan fingerprint density at radius 1 is 1.50 bits per heavy atom. The summed E-state index contributed by atoms with van der Waals surface area (Å²) < 4.78 is 6.25. The van der Waals surface area contributed by atoms with Crippen LogP contribution in [-0.4, -0.2) is 11.2 Å². The first-order valence-corrected chi connectivity index (χ1v) is 5.69. The normalized spacial score (nSPS) is 17.1. The van der Waals surface area contributed by atoms with Crippen LogP contribution < -0.4 is 0 Å². The van der Waals surface area contributed by atoms with Gasteiger partial charge in [-0.25, -0.2) is 4.79 Å². The van der Waals surface area contributed by atoms with E-state index in [-0.39, 0.29) is 0 Å². The van der Waals surface area contributed by atoms with Crippen LogP contribution in [-0.2, 0) is 10.3 Å². The van der Waals surface area contributed by atoms with Crippen LogP contribution in [0.25, 0.3) is 10.9 Å². The molecule has 0 bridgehead atoms. The summed E-state index contributed by atoms with van der Waals surface area (Å²) in [4.78, 5) is 14.2. The first-order chi connectivity index (χ1) is 7.75. The number of halogens is 1. The number of aromatic nitrogens is 1. The predicted octanol–water partition coefficient (Wildman–Crippen LogP) is 2.92. The molecule has 1 aromatic carbocycles. The lowest BCUT2D eigenvalue weighted by molar-refractivity contribution is 0.362. The Morgan fingerprint density at radius 3 is 3.00 bits per heavy atom. The summed E-state index contributed by atoms with van der Waals surface area (Å²) in [5.74, 6) is 0.679. The minimum atomic E-state index is -0.496. The molecule has 0 amide bonds. The summed E-state index contributed by atoms with van der Waals surface area (Å²) in [6.45, 7) is 0. The van der Waals surface area contributed by atoms with E-state index < -0.39 is 5.54 Å². The molecule has 80 valence electrons. The molecule has 1 fully saturated rings. The van der Waals surface area contributed by atoms with E-state index in [1.165, 1.54) is 0 Å². The van der Waals surface area contributed by atoms with Crippen LogP contribution in [0.1, 0.15) is 18.6 Å². The van der Waals surface area contributed by atoms with Crippen molar-refractivity contribution in [1.29, 1.82) is 0 Å². The van der Waals surface area contributed by atoms with Gasteiger partial charge in [-0.1, -0.05) is 21.1 Å². The number of benzene rings is 1. The Kier molecular flexibility index (Phi) is 1.99. The molecule has 0 atom stereocenters. The minimum absolute atomic E-state index is 0.496. The SMILES string of the molecule is O=C=NC1(c2onc3cc(Br)ccc23)CC1. The van der Waals surface area contributed by atoms with Gasteiger partial charge in [-0.3, -0.25) is 0 Å². The summed E-state index contributed by atoms with van der Waals surface area (Å²) >= 11 is 3.37. The van der Waals surface area contributed by atoms with Crippen molar-refractivity contribution in [3.05, 3.63) is 28.4 Å². The number of hydrogen-bond acceptors (Lipinski definition) is 4. The standard InChI is InChI=1S/C11H7BrN2O2/c12-7-1-2-8-9(5-7)14-16-10(8)11(3-4-11)13-6-15/h1-2,5H,3-4H2. The molecule has 1 aliphatic rings. The average molecular weight is 279 g/mol. The van der Waals surface area contributed by atoms with E-state index >= 15 is 0 Å². The third-order valence-electron chi connectivity index (χ3n) is 2.85. The summed E-state index contributed by atoms with van der Waals surface area (Å²) in [5.41, 5.74) is 0.279. The molecule has 1 saturated carbocycles. The molecule has 3 rings (SSSR count). The largest absolute Gasteiger partial charge is 0.357 e. The summed E-state index contributed by atoms with van der Waals surface area (Å²) in [7, 11) is 0. The van der Waals surface area contributed by atoms with Gasteiger partial charge in [0.2, 0.25) is 6.08 Å². The fourth-order valence-electron chi connectivity index (χ4n) is 1.85. The Morgan fingerprint density at radius 2 is 2.31 bits per heavy atom. The molecular formula is C11H7BrN2O2. The first-order valence-electron chi connectivity index (χ1n) is 4.90. The van der Waals surface area contributed by atoms with Crippen molar-refractivity contribution in [2.45, 2.75) is 18.4 Å². The third kappa shape index (κ3) is 1.32. The lowest BCUT2D eigenvalue weighted by Gasteiger charge is -2.01. The highest BCUT2D eigenvalue weighted by Gasteiger charge is 2.49. The molecule has 1 aliphatic carbocycles. The second-order valence-electron chi connectivity index (χ2n) is 3.91. The van der Waals surface area contributed by atoms with Crippen molar-refractivity contribution in [3.63, 3.8) is 0 Å². The quantitative estimate of drug-likeness (QED) is 0.627. The van der Waals surface area contributed by atoms with Gasteiger partial charge in [0.15, 0.2) is 5.76 Å². The lowest BCUT2D eigenvalue weighted by atomic mass is 10.1. The molecule has 0 aliphatic heterocycles. The third-order valence-corrected chi connectivity index (χ3v) is 3.34. The Hall–Kier alpha value is -1.45. The Balaban J connectivity index is 2.22. The van der Waals surface area contributed by atoms with Gasteiger partial charge in [0.05, 0.1) is 0 Å². The van der Waals surface area contributed by atoms with E-state index in [2.05, 4.69) is 26.1 Å². The van der Waals surface area contributed by atoms with Crippen LogP contribution >= 0.6 is 15.9 Å². The topological polar surface area (TPSA) is 55.5 Å². The van der Waals surface area contributed by atoms with E-state index in [0.29, 0.717) is 5.76 Å². The smallest absolute Gasteiger partial charge is 0.235 e. The summed E-state index contributed by atoms with van der Waals surface area (Å²) in [6.07, 6.45) is 3.26. The molecule has 1 aromatic heterocycles. The van der Waals surface area contributed by atoms with Crippen molar-refractivity contribution < 1.29 is 9.32 Å². The van der Waals surface area contributed by atoms with E-state index in [1.54, 1.807) is 6.08 Å². The number of aliphatic imine (C=N–C) groups is 1. The van der Waals surface area contributed by atoms with Gasteiger partial charge in [-0.05, 0) is 31.0 Å². The average Bonchev–Trinajstić information content (AvgIpc) is 2.92. The molecule has 5 heteroatoms. The number of nitrogens with zero attached hydrogens (tertiary/aromatic N) is 2. The molecule has 0 saturated heterocycles. The van der Waals surface area contributed by atoms with Gasteiger partial charge in [0.25, 0.3) is 0 Å². The number of hydrogen-bond donors (Lipinski definition) is 0. The maximum atomic E-state index is 10.4. The number of carbonyl (C=O) groups excluding carboxylic acids is 1. The minimum Gasteiger partial charge on any atom is -0.357 e. The van der Waals surface area contributed by atoms with Crippen molar-refractivity contribution >= 4 is 32.9 Å². The van der Waals surface area contributed by atoms with Crippen molar-refractivity contribution in [2.75, 3.05) is 0 Å². The van der Waals surface area contributed by atoms with E-state index in [4.69, 9.17) is 4.52 Å². The number of fused-ring (bicyclic) bond motifs is 1. The Labute approximate surface area is 99.5 Å². The zero-order valence-electron chi connectivity index (χ0n) is 8.24. The molecule has 0 N–H and O–H groups in total. The molecule has 0 unspecified atom stereocenters. The van der Waals surface area contributed by atoms with Crippen LogP contribution in [0.15, 0.2) is 32.2 Å². The highest BCUT2D eigenvalue weighted by molar-refractivity contribution is 9.10. The predicted molar refractivity (Wildman–Crippen MR) is 60.7 cm³/mol. The van der Waals surface area contributed by atoms with Gasteiger partial charge < -0.3 is 4.52 Å². The maximum absolute atomic E-state index is 10.4. The van der Waals surface area contributed by atoms with Crippen LogP contribution in [0.4, 0.5) is 0 Å². The fourth-order valence-corrected chi connectivity index (χ4v) is 2.20. The van der Waals surface area contributed by atoms with Crippen LogP contribution in [0.5, 0.6) is 0 Å². The summed E-state index contributed by atoms with van der Waals surface area (Å²) in [6, 6.07) is 5.72. The first kappa shape index (κ1) is 9.75. The molecule has 1 heterocycles. The Bertz CT molecular complexity index is 609. The van der Waals surface area contributed by atoms with Crippen LogP contribution in [0, 0.1) is 0 Å². The van der Waals surface area contributed by atoms with Crippen LogP contribution in [0.2, 0.25) is 0 Å². The second-order valence-corrected chi connectivity index (χ2v) is 4.82. The highest BCUT2D eigenvalue weighted by atomic mass is 79.9. The van der Waals surface area contributed by atoms with E-state index in [9.17, 15) is 4.79 Å². The van der Waals surface area contributed by atoms with Gasteiger partial charge in [0, 0.05) is 9.86 Å². The van der Waals surface area contributed by atoms with Crippen LogP contribution in [0.3, 0.4) is 0 Å². The van der Waals surface area contributed by atoms with Gasteiger partial charge in [-0.2, -0.15) is 4.99 Å². The second kappa shape index (κ2) is 3.27. The molecule has 16 heavy (non-hydrogen) atoms. The number of isocyanates is 1. The van der Waals surface area contributed by atoms with Gasteiger partial charge in [-0.15, -0.1) is 0 Å². The molecular weight excluding hydrogens is 272 g/mol. The number of rotatable bonds is 2. The molecule has 2 aromatic rings. The monoisotopic (exact) mass is 278 g/mol. The summed E-state index contributed by atoms with van der Waals surface area (Å²) in [5, 5.41) is 4.89. The molecule has 4 nitrogen and oxygen atoms in total. The molecule has 0 spiro atoms. The highest BCUT2D eigenvalue weighted by Crippen LogP contribution is 2.51. The van der Waals surface area contributed by atoms with E-state index in [0.717, 1.165) is 28.2 Å². The zero-order valence-corrected chi connectivity index (χ0v) is 9.82. The van der Waals surface area contributed by atoms with E-state index in [1.807, 2.05) is 18.2 Å². The molecule has 0 radical (unpaired) electrons. The maximum Gasteiger partial charge on any atom is 0.235 e. The fraction of sp³-hybridized carbons (Fsp3) is 0.273.